The average molecular weight is 420 g/mol. The highest BCUT2D eigenvalue weighted by Gasteiger charge is 2.10. The van der Waals surface area contributed by atoms with E-state index < -0.39 is 0 Å². The van der Waals surface area contributed by atoms with E-state index in [1.807, 2.05) is 19.9 Å². The van der Waals surface area contributed by atoms with Gasteiger partial charge in [-0.05, 0) is 41.9 Å². The molecule has 2 aromatic rings. The van der Waals surface area contributed by atoms with Crippen LogP contribution < -0.4 is 10.1 Å². The molecule has 0 saturated carbocycles. The number of nitrogens with one attached hydrogen (secondary N) is 1. The summed E-state index contributed by atoms with van der Waals surface area (Å²) in [6.45, 7) is 6.17. The van der Waals surface area contributed by atoms with Crippen molar-refractivity contribution in [3.8, 4) is 5.75 Å². The van der Waals surface area contributed by atoms with E-state index in [4.69, 9.17) is 4.74 Å². The lowest BCUT2D eigenvalue weighted by molar-refractivity contribution is 0.333. The van der Waals surface area contributed by atoms with Gasteiger partial charge < -0.3 is 10.1 Å². The summed E-state index contributed by atoms with van der Waals surface area (Å²) < 4.78 is 7.71. The molecule has 1 N–H and O–H groups in total. The fourth-order valence-electron chi connectivity index (χ4n) is 1.87. The summed E-state index contributed by atoms with van der Waals surface area (Å²) in [5.41, 5.74) is 2.21. The Hall–Kier alpha value is -0.430. The zero-order chi connectivity index (χ0) is 14.5. The summed E-state index contributed by atoms with van der Waals surface area (Å²) in [5, 5.41) is 6.59. The summed E-state index contributed by atoms with van der Waals surface area (Å²) in [7, 11) is 0. The Labute approximate surface area is 140 Å². The lowest BCUT2D eigenvalue weighted by Gasteiger charge is -2.13. The third-order valence-corrected chi connectivity index (χ3v) is 4.53. The van der Waals surface area contributed by atoms with E-state index in [0.29, 0.717) is 6.61 Å². The largest absolute Gasteiger partial charge is 0.492 e. The molecule has 0 aliphatic rings. The monoisotopic (exact) mass is 418 g/mol. The number of aryl methyl sites for hydroxylation is 1. The van der Waals surface area contributed by atoms with Crippen LogP contribution in [0.5, 0.6) is 5.75 Å². The van der Waals surface area contributed by atoms with Gasteiger partial charge in [-0.25, -0.2) is 4.98 Å². The summed E-state index contributed by atoms with van der Waals surface area (Å²) in [6, 6.07) is 4.08. The summed E-state index contributed by atoms with van der Waals surface area (Å²) in [6.07, 6.45) is 0. The SMILES string of the molecule is CCOc1c(Br)cc(Br)cc1CNCc1csc(C)n1. The highest BCUT2D eigenvalue weighted by Crippen LogP contribution is 2.33. The van der Waals surface area contributed by atoms with Crippen molar-refractivity contribution in [3.05, 3.63) is 42.7 Å². The molecule has 0 aliphatic carbocycles. The maximum atomic E-state index is 5.71. The van der Waals surface area contributed by atoms with Crippen molar-refractivity contribution < 1.29 is 4.74 Å². The van der Waals surface area contributed by atoms with Crippen LogP contribution in [0.25, 0.3) is 0 Å². The molecule has 0 atom stereocenters. The molecule has 20 heavy (non-hydrogen) atoms. The second-order valence-corrected chi connectivity index (χ2v) is 7.10. The first-order valence-electron chi connectivity index (χ1n) is 6.32. The molecule has 1 aromatic heterocycles. The predicted octanol–water partition coefficient (Wildman–Crippen LogP) is 4.67. The van der Waals surface area contributed by atoms with Crippen LogP contribution in [0.1, 0.15) is 23.2 Å². The predicted molar refractivity (Wildman–Crippen MR) is 90.4 cm³/mol. The maximum absolute atomic E-state index is 5.71. The van der Waals surface area contributed by atoms with E-state index in [1.54, 1.807) is 11.3 Å². The van der Waals surface area contributed by atoms with Crippen LogP contribution in [-0.4, -0.2) is 11.6 Å². The number of hydrogen-bond acceptors (Lipinski definition) is 4. The van der Waals surface area contributed by atoms with E-state index in [9.17, 15) is 0 Å². The number of ether oxygens (including phenoxy) is 1. The van der Waals surface area contributed by atoms with Crippen LogP contribution >= 0.6 is 43.2 Å². The van der Waals surface area contributed by atoms with Gasteiger partial charge in [0.25, 0.3) is 0 Å². The van der Waals surface area contributed by atoms with Gasteiger partial charge in [0.05, 0.1) is 21.8 Å². The quantitative estimate of drug-likeness (QED) is 0.738. The van der Waals surface area contributed by atoms with Gasteiger partial charge in [-0.15, -0.1) is 11.3 Å². The summed E-state index contributed by atoms with van der Waals surface area (Å²) in [5.74, 6) is 0.901. The number of rotatable bonds is 6. The number of nitrogens with zero attached hydrogens (tertiary/aromatic N) is 1. The topological polar surface area (TPSA) is 34.1 Å². The van der Waals surface area contributed by atoms with Crippen molar-refractivity contribution >= 4 is 43.2 Å². The number of aromatic nitrogens is 1. The van der Waals surface area contributed by atoms with Crippen LogP contribution in [0.15, 0.2) is 26.5 Å². The first-order chi connectivity index (χ1) is 9.60. The molecule has 0 fully saturated rings. The molecule has 0 saturated heterocycles. The molecule has 1 heterocycles. The molecule has 0 radical (unpaired) electrons. The van der Waals surface area contributed by atoms with E-state index >= 15 is 0 Å². The molecule has 0 amide bonds. The number of hydrogen-bond donors (Lipinski definition) is 1. The van der Waals surface area contributed by atoms with Crippen molar-refractivity contribution in [1.29, 1.82) is 0 Å². The molecular formula is C14H16Br2N2OS. The first kappa shape index (κ1) is 15.9. The minimum atomic E-state index is 0.651. The maximum Gasteiger partial charge on any atom is 0.138 e. The second kappa shape index (κ2) is 7.54. The summed E-state index contributed by atoms with van der Waals surface area (Å²) >= 11 is 8.74. The van der Waals surface area contributed by atoms with Crippen LogP contribution in [-0.2, 0) is 13.1 Å². The zero-order valence-electron chi connectivity index (χ0n) is 11.4. The first-order valence-corrected chi connectivity index (χ1v) is 8.79. The molecule has 108 valence electrons. The van der Waals surface area contributed by atoms with Crippen LogP contribution in [0, 0.1) is 6.92 Å². The van der Waals surface area contributed by atoms with Crippen LogP contribution in [0.3, 0.4) is 0 Å². The van der Waals surface area contributed by atoms with Crippen molar-refractivity contribution in [1.82, 2.24) is 10.3 Å². The van der Waals surface area contributed by atoms with E-state index in [1.165, 1.54) is 0 Å². The fraction of sp³-hybridized carbons (Fsp3) is 0.357. The number of benzene rings is 1. The Morgan fingerprint density at radius 2 is 2.10 bits per heavy atom. The Balaban J connectivity index is 2.04. The summed E-state index contributed by atoms with van der Waals surface area (Å²) in [4.78, 5) is 4.44. The average Bonchev–Trinajstić information content (AvgIpc) is 2.79. The van der Waals surface area contributed by atoms with E-state index in [2.05, 4.69) is 53.6 Å². The molecule has 0 unspecified atom stereocenters. The highest BCUT2D eigenvalue weighted by atomic mass is 79.9. The smallest absolute Gasteiger partial charge is 0.138 e. The minimum absolute atomic E-state index is 0.651. The Bertz CT molecular complexity index is 587. The van der Waals surface area contributed by atoms with Crippen molar-refractivity contribution in [2.45, 2.75) is 26.9 Å². The molecule has 0 aliphatic heterocycles. The zero-order valence-corrected chi connectivity index (χ0v) is 15.4. The van der Waals surface area contributed by atoms with E-state index in [0.717, 1.165) is 44.0 Å². The lowest BCUT2D eigenvalue weighted by atomic mass is 10.2. The van der Waals surface area contributed by atoms with Crippen LogP contribution in [0.2, 0.25) is 0 Å². The van der Waals surface area contributed by atoms with E-state index in [-0.39, 0.29) is 0 Å². The Kier molecular flexibility index (Phi) is 6.01. The second-order valence-electron chi connectivity index (χ2n) is 4.27. The molecule has 3 nitrogen and oxygen atoms in total. The van der Waals surface area contributed by atoms with Crippen molar-refractivity contribution in [3.63, 3.8) is 0 Å². The third kappa shape index (κ3) is 4.28. The molecule has 0 bridgehead atoms. The van der Waals surface area contributed by atoms with Gasteiger partial charge >= 0.3 is 0 Å². The van der Waals surface area contributed by atoms with Crippen molar-refractivity contribution in [2.24, 2.45) is 0 Å². The molecule has 1 aromatic carbocycles. The van der Waals surface area contributed by atoms with Gasteiger partial charge in [0.15, 0.2) is 0 Å². The van der Waals surface area contributed by atoms with Crippen LogP contribution in [0.4, 0.5) is 0 Å². The standard InChI is InChI=1S/C14H16Br2N2OS/c1-3-19-14-10(4-11(15)5-13(14)16)6-17-7-12-8-20-9(2)18-12/h4-5,8,17H,3,6-7H2,1-2H3. The Morgan fingerprint density at radius 3 is 2.75 bits per heavy atom. The van der Waals surface area contributed by atoms with Gasteiger partial charge in [0.1, 0.15) is 5.75 Å². The van der Waals surface area contributed by atoms with Gasteiger partial charge in [0.2, 0.25) is 0 Å². The minimum Gasteiger partial charge on any atom is -0.492 e. The molecule has 0 spiro atoms. The number of halogens is 2. The van der Waals surface area contributed by atoms with Crippen molar-refractivity contribution in [2.75, 3.05) is 6.61 Å². The van der Waals surface area contributed by atoms with Gasteiger partial charge in [-0.2, -0.15) is 0 Å². The number of thiazole rings is 1. The highest BCUT2D eigenvalue weighted by molar-refractivity contribution is 9.11. The van der Waals surface area contributed by atoms with Gasteiger partial charge in [-0.3, -0.25) is 0 Å². The third-order valence-electron chi connectivity index (χ3n) is 2.66. The fourth-order valence-corrected chi connectivity index (χ4v) is 3.91. The van der Waals surface area contributed by atoms with Gasteiger partial charge in [-0.1, -0.05) is 15.9 Å². The lowest BCUT2D eigenvalue weighted by Crippen LogP contribution is -2.14. The molecular weight excluding hydrogens is 404 g/mol. The van der Waals surface area contributed by atoms with Gasteiger partial charge in [0, 0.05) is 28.5 Å². The molecule has 6 heteroatoms. The normalized spacial score (nSPS) is 10.8. The molecule has 2 rings (SSSR count). The Morgan fingerprint density at radius 1 is 1.30 bits per heavy atom.